The molecule has 0 aliphatic carbocycles. The van der Waals surface area contributed by atoms with Crippen LogP contribution < -0.4 is 4.90 Å². The highest BCUT2D eigenvalue weighted by Crippen LogP contribution is 2.36. The van der Waals surface area contributed by atoms with E-state index in [-0.39, 0.29) is 17.2 Å². The number of rotatable bonds is 3. The molecule has 0 saturated carbocycles. The van der Waals surface area contributed by atoms with E-state index in [1.807, 2.05) is 19.1 Å². The molecule has 0 unspecified atom stereocenters. The Kier molecular flexibility index (Phi) is 4.91. The van der Waals surface area contributed by atoms with Gasteiger partial charge < -0.3 is 9.80 Å². The van der Waals surface area contributed by atoms with Crippen molar-refractivity contribution in [2.45, 2.75) is 6.92 Å². The molecule has 1 saturated heterocycles. The minimum atomic E-state index is -0.517. The smallest absolute Gasteiger partial charge is 0.282 e. The zero-order valence-corrected chi connectivity index (χ0v) is 16.7. The van der Waals surface area contributed by atoms with Crippen LogP contribution in [0.15, 0.2) is 36.4 Å². The normalized spacial score (nSPS) is 14.5. The first-order valence-electron chi connectivity index (χ1n) is 8.79. The van der Waals surface area contributed by atoms with Crippen LogP contribution in [0.3, 0.4) is 0 Å². The molecule has 1 fully saturated rings. The molecule has 0 radical (unpaired) electrons. The van der Waals surface area contributed by atoms with Crippen molar-refractivity contribution >= 4 is 49.9 Å². The molecular formula is C19H17ClN4O3S. The number of carbonyl (C=O) groups is 1. The molecule has 144 valence electrons. The number of aryl methyl sites for hydroxylation is 1. The third-order valence-electron chi connectivity index (χ3n) is 4.85. The molecule has 1 aliphatic rings. The minimum absolute atomic E-state index is 0.128. The van der Waals surface area contributed by atoms with Crippen molar-refractivity contribution in [2.24, 2.45) is 0 Å². The number of fused-ring (bicyclic) bond motifs is 1. The van der Waals surface area contributed by atoms with E-state index in [4.69, 9.17) is 16.6 Å². The Morgan fingerprint density at radius 1 is 1.18 bits per heavy atom. The van der Waals surface area contributed by atoms with Crippen LogP contribution in [0, 0.1) is 17.0 Å². The Morgan fingerprint density at radius 3 is 2.57 bits per heavy atom. The summed E-state index contributed by atoms with van der Waals surface area (Å²) < 4.78 is 0.968. The number of para-hydroxylation sites is 1. The molecule has 1 amide bonds. The summed E-state index contributed by atoms with van der Waals surface area (Å²) in [4.78, 5) is 32.0. The molecule has 0 spiro atoms. The predicted octanol–water partition coefficient (Wildman–Crippen LogP) is 4.13. The molecule has 2 aromatic carbocycles. The van der Waals surface area contributed by atoms with Crippen LogP contribution in [0.2, 0.25) is 5.02 Å². The maximum atomic E-state index is 12.8. The van der Waals surface area contributed by atoms with E-state index in [9.17, 15) is 14.9 Å². The number of amides is 1. The molecule has 3 aromatic rings. The van der Waals surface area contributed by atoms with Crippen LogP contribution in [0.1, 0.15) is 15.9 Å². The van der Waals surface area contributed by atoms with Crippen molar-refractivity contribution in [1.82, 2.24) is 9.88 Å². The molecule has 9 heteroatoms. The lowest BCUT2D eigenvalue weighted by molar-refractivity contribution is -0.385. The van der Waals surface area contributed by atoms with Gasteiger partial charge in [0.25, 0.3) is 11.6 Å². The van der Waals surface area contributed by atoms with Gasteiger partial charge >= 0.3 is 0 Å². The topological polar surface area (TPSA) is 79.6 Å². The molecule has 7 nitrogen and oxygen atoms in total. The van der Waals surface area contributed by atoms with E-state index < -0.39 is 4.92 Å². The summed E-state index contributed by atoms with van der Waals surface area (Å²) in [6.07, 6.45) is 0. The second-order valence-electron chi connectivity index (χ2n) is 6.59. The Labute approximate surface area is 170 Å². The number of carbonyl (C=O) groups excluding carboxylic acids is 1. The van der Waals surface area contributed by atoms with E-state index in [1.165, 1.54) is 12.1 Å². The molecule has 28 heavy (non-hydrogen) atoms. The highest BCUT2D eigenvalue weighted by molar-refractivity contribution is 7.22. The number of nitrogens with zero attached hydrogens (tertiary/aromatic N) is 4. The highest BCUT2D eigenvalue weighted by atomic mass is 35.5. The van der Waals surface area contributed by atoms with Gasteiger partial charge in [-0.1, -0.05) is 41.1 Å². The standard InChI is InChI=1S/C19H17ClN4O3S/c1-12-6-7-14(20)17-16(12)21-19(28-17)23-10-8-22(9-11-23)18(25)13-4-2-3-5-15(13)24(26)27/h2-7H,8-11H2,1H3. The highest BCUT2D eigenvalue weighted by Gasteiger charge is 2.28. The van der Waals surface area contributed by atoms with Crippen molar-refractivity contribution in [3.63, 3.8) is 0 Å². The Bertz CT molecular complexity index is 1040. The zero-order chi connectivity index (χ0) is 19.8. The third-order valence-corrected chi connectivity index (χ3v) is 6.43. The summed E-state index contributed by atoms with van der Waals surface area (Å²) in [6, 6.07) is 9.90. The maximum absolute atomic E-state index is 12.8. The number of hydrogen-bond acceptors (Lipinski definition) is 6. The van der Waals surface area contributed by atoms with Gasteiger partial charge in [0.2, 0.25) is 0 Å². The van der Waals surface area contributed by atoms with Crippen LogP contribution in [-0.4, -0.2) is 46.9 Å². The fourth-order valence-electron chi connectivity index (χ4n) is 3.31. The fourth-order valence-corrected chi connectivity index (χ4v) is 4.68. The van der Waals surface area contributed by atoms with Crippen molar-refractivity contribution in [1.29, 1.82) is 0 Å². The number of aromatic nitrogens is 1. The molecule has 1 aliphatic heterocycles. The number of nitro benzene ring substituents is 1. The number of piperazine rings is 1. The number of hydrogen-bond donors (Lipinski definition) is 0. The van der Waals surface area contributed by atoms with Crippen LogP contribution in [0.4, 0.5) is 10.8 Å². The van der Waals surface area contributed by atoms with E-state index in [0.29, 0.717) is 31.2 Å². The average molecular weight is 417 g/mol. The quantitative estimate of drug-likeness (QED) is 0.473. The first kappa shape index (κ1) is 18.6. The fraction of sp³-hybridized carbons (Fsp3) is 0.263. The molecule has 2 heterocycles. The van der Waals surface area contributed by atoms with Crippen LogP contribution in [-0.2, 0) is 0 Å². The number of halogens is 1. The summed E-state index contributed by atoms with van der Waals surface area (Å²) in [7, 11) is 0. The summed E-state index contributed by atoms with van der Waals surface area (Å²) in [6.45, 7) is 4.19. The second kappa shape index (κ2) is 7.37. The lowest BCUT2D eigenvalue weighted by atomic mass is 10.1. The van der Waals surface area contributed by atoms with Crippen LogP contribution >= 0.6 is 22.9 Å². The summed E-state index contributed by atoms with van der Waals surface area (Å²) in [5, 5.41) is 12.8. The average Bonchev–Trinajstić information content (AvgIpc) is 3.17. The molecular weight excluding hydrogens is 400 g/mol. The van der Waals surface area contributed by atoms with Crippen LogP contribution in [0.5, 0.6) is 0 Å². The number of thiazole rings is 1. The molecule has 0 N–H and O–H groups in total. The third kappa shape index (κ3) is 3.29. The van der Waals surface area contributed by atoms with Crippen LogP contribution in [0.25, 0.3) is 10.2 Å². The SMILES string of the molecule is Cc1ccc(Cl)c2sc(N3CCN(C(=O)c4ccccc4[N+](=O)[O-])CC3)nc12. The van der Waals surface area contributed by atoms with Gasteiger partial charge in [0.1, 0.15) is 5.56 Å². The lowest BCUT2D eigenvalue weighted by Gasteiger charge is -2.34. The van der Waals surface area contributed by atoms with Gasteiger partial charge in [-0.3, -0.25) is 14.9 Å². The first-order valence-corrected chi connectivity index (χ1v) is 9.98. The predicted molar refractivity (Wildman–Crippen MR) is 111 cm³/mol. The monoisotopic (exact) mass is 416 g/mol. The van der Waals surface area contributed by atoms with Gasteiger partial charge in [0, 0.05) is 32.2 Å². The van der Waals surface area contributed by atoms with Gasteiger partial charge in [-0.15, -0.1) is 0 Å². The maximum Gasteiger partial charge on any atom is 0.282 e. The van der Waals surface area contributed by atoms with Gasteiger partial charge in [-0.25, -0.2) is 4.98 Å². The van der Waals surface area contributed by atoms with E-state index in [0.717, 1.165) is 20.9 Å². The molecule has 0 bridgehead atoms. The Balaban J connectivity index is 1.51. The van der Waals surface area contributed by atoms with E-state index in [1.54, 1.807) is 28.4 Å². The van der Waals surface area contributed by atoms with Crippen molar-refractivity contribution in [2.75, 3.05) is 31.1 Å². The number of nitro groups is 1. The lowest BCUT2D eigenvalue weighted by Crippen LogP contribution is -2.48. The first-order chi connectivity index (χ1) is 13.5. The molecule has 4 rings (SSSR count). The largest absolute Gasteiger partial charge is 0.345 e. The number of benzene rings is 2. The zero-order valence-electron chi connectivity index (χ0n) is 15.1. The van der Waals surface area contributed by atoms with E-state index in [2.05, 4.69) is 4.90 Å². The molecule has 0 atom stereocenters. The second-order valence-corrected chi connectivity index (χ2v) is 7.98. The summed E-state index contributed by atoms with van der Waals surface area (Å²) in [5.74, 6) is -0.310. The summed E-state index contributed by atoms with van der Waals surface area (Å²) >= 11 is 7.85. The van der Waals surface area contributed by atoms with Crippen molar-refractivity contribution in [3.8, 4) is 0 Å². The van der Waals surface area contributed by atoms with Gasteiger partial charge in [-0.05, 0) is 24.6 Å². The van der Waals surface area contributed by atoms with Crippen molar-refractivity contribution in [3.05, 3.63) is 62.7 Å². The van der Waals surface area contributed by atoms with E-state index >= 15 is 0 Å². The minimum Gasteiger partial charge on any atom is -0.345 e. The number of anilines is 1. The van der Waals surface area contributed by atoms with Gasteiger partial charge in [-0.2, -0.15) is 0 Å². The van der Waals surface area contributed by atoms with Gasteiger partial charge in [0.15, 0.2) is 5.13 Å². The van der Waals surface area contributed by atoms with Gasteiger partial charge in [0.05, 0.1) is 20.2 Å². The Morgan fingerprint density at radius 2 is 1.89 bits per heavy atom. The molecule has 1 aromatic heterocycles. The van der Waals surface area contributed by atoms with Crippen molar-refractivity contribution < 1.29 is 9.72 Å². The Hall–Kier alpha value is -2.71. The summed E-state index contributed by atoms with van der Waals surface area (Å²) in [5.41, 5.74) is 1.95.